The highest BCUT2D eigenvalue weighted by molar-refractivity contribution is 5.82. The Kier molecular flexibility index (Phi) is 4.59. The van der Waals surface area contributed by atoms with Crippen LogP contribution in [-0.2, 0) is 9.53 Å². The fourth-order valence-corrected chi connectivity index (χ4v) is 2.68. The van der Waals surface area contributed by atoms with Crippen LogP contribution in [0.15, 0.2) is 0 Å². The van der Waals surface area contributed by atoms with Gasteiger partial charge in [0.15, 0.2) is 0 Å². The predicted molar refractivity (Wildman–Crippen MR) is 70.2 cm³/mol. The summed E-state index contributed by atoms with van der Waals surface area (Å²) in [5.41, 5.74) is 5.94. The van der Waals surface area contributed by atoms with Crippen LogP contribution < -0.4 is 5.73 Å². The van der Waals surface area contributed by atoms with E-state index in [-0.39, 0.29) is 17.9 Å². The standard InChI is InChI=1S/C13H25N3O2/c1-10(2)12(14)13(17)16-4-3-11(9-16)15-5-7-18-8-6-15/h10-12H,3-9,14H2,1-2H3/t11?,12-/m1/s1. The number of morpholine rings is 1. The summed E-state index contributed by atoms with van der Waals surface area (Å²) >= 11 is 0. The largest absolute Gasteiger partial charge is 0.379 e. The Balaban J connectivity index is 1.85. The van der Waals surface area contributed by atoms with Crippen LogP contribution in [0, 0.1) is 5.92 Å². The van der Waals surface area contributed by atoms with Gasteiger partial charge in [0.25, 0.3) is 0 Å². The van der Waals surface area contributed by atoms with Crippen LogP contribution in [-0.4, -0.2) is 67.2 Å². The van der Waals surface area contributed by atoms with Crippen LogP contribution >= 0.6 is 0 Å². The predicted octanol–water partition coefficient (Wildman–Crippen LogP) is -0.0972. The third kappa shape index (κ3) is 3.02. The zero-order valence-electron chi connectivity index (χ0n) is 11.5. The van der Waals surface area contributed by atoms with Crippen molar-refractivity contribution in [3.63, 3.8) is 0 Å². The van der Waals surface area contributed by atoms with Crippen molar-refractivity contribution in [3.05, 3.63) is 0 Å². The van der Waals surface area contributed by atoms with E-state index in [0.717, 1.165) is 45.8 Å². The first-order valence-corrected chi connectivity index (χ1v) is 6.95. The molecular weight excluding hydrogens is 230 g/mol. The lowest BCUT2D eigenvalue weighted by Crippen LogP contribution is -2.48. The lowest BCUT2D eigenvalue weighted by Gasteiger charge is -2.32. The fraction of sp³-hybridized carbons (Fsp3) is 0.923. The van der Waals surface area contributed by atoms with E-state index in [1.807, 2.05) is 18.7 Å². The second-order valence-corrected chi connectivity index (χ2v) is 5.64. The van der Waals surface area contributed by atoms with Gasteiger partial charge in [-0.2, -0.15) is 0 Å². The minimum Gasteiger partial charge on any atom is -0.379 e. The molecule has 2 fully saturated rings. The van der Waals surface area contributed by atoms with Crippen molar-refractivity contribution in [2.75, 3.05) is 39.4 Å². The molecule has 5 heteroatoms. The number of rotatable bonds is 3. The topological polar surface area (TPSA) is 58.8 Å². The number of carbonyl (C=O) groups is 1. The molecule has 0 aromatic carbocycles. The monoisotopic (exact) mass is 255 g/mol. The molecule has 2 heterocycles. The number of amides is 1. The SMILES string of the molecule is CC(C)[C@@H](N)C(=O)N1CCC(N2CCOCC2)C1. The van der Waals surface area contributed by atoms with Gasteiger partial charge < -0.3 is 15.4 Å². The van der Waals surface area contributed by atoms with Crippen LogP contribution in [0.1, 0.15) is 20.3 Å². The highest BCUT2D eigenvalue weighted by Crippen LogP contribution is 2.18. The second kappa shape index (κ2) is 5.99. The molecule has 0 radical (unpaired) electrons. The van der Waals surface area contributed by atoms with Crippen molar-refractivity contribution in [1.82, 2.24) is 9.80 Å². The summed E-state index contributed by atoms with van der Waals surface area (Å²) in [6.07, 6.45) is 1.07. The molecule has 2 aliphatic heterocycles. The van der Waals surface area contributed by atoms with E-state index in [2.05, 4.69) is 4.90 Å². The second-order valence-electron chi connectivity index (χ2n) is 5.64. The van der Waals surface area contributed by atoms with Crippen molar-refractivity contribution >= 4 is 5.91 Å². The van der Waals surface area contributed by atoms with Gasteiger partial charge in [-0.05, 0) is 12.3 Å². The molecule has 2 rings (SSSR count). The molecule has 104 valence electrons. The van der Waals surface area contributed by atoms with E-state index in [1.54, 1.807) is 0 Å². The number of nitrogens with two attached hydrogens (primary N) is 1. The molecule has 1 unspecified atom stereocenters. The molecule has 5 nitrogen and oxygen atoms in total. The van der Waals surface area contributed by atoms with Crippen LogP contribution in [0.2, 0.25) is 0 Å². The molecule has 2 aliphatic rings. The van der Waals surface area contributed by atoms with Gasteiger partial charge in [-0.1, -0.05) is 13.8 Å². The Morgan fingerprint density at radius 3 is 2.56 bits per heavy atom. The lowest BCUT2D eigenvalue weighted by atomic mass is 10.0. The summed E-state index contributed by atoms with van der Waals surface area (Å²) < 4.78 is 5.36. The Hall–Kier alpha value is -0.650. The zero-order chi connectivity index (χ0) is 13.1. The van der Waals surface area contributed by atoms with E-state index >= 15 is 0 Å². The Morgan fingerprint density at radius 1 is 1.28 bits per heavy atom. The first-order valence-electron chi connectivity index (χ1n) is 6.95. The van der Waals surface area contributed by atoms with E-state index in [4.69, 9.17) is 10.5 Å². The zero-order valence-corrected chi connectivity index (χ0v) is 11.5. The van der Waals surface area contributed by atoms with Gasteiger partial charge in [0.1, 0.15) is 0 Å². The number of nitrogens with zero attached hydrogens (tertiary/aromatic N) is 2. The summed E-state index contributed by atoms with van der Waals surface area (Å²) in [6.45, 7) is 9.29. The van der Waals surface area contributed by atoms with E-state index in [1.165, 1.54) is 0 Å². The van der Waals surface area contributed by atoms with Gasteiger partial charge in [0.05, 0.1) is 19.3 Å². The Morgan fingerprint density at radius 2 is 1.94 bits per heavy atom. The molecule has 1 amide bonds. The molecular formula is C13H25N3O2. The van der Waals surface area contributed by atoms with Gasteiger partial charge in [-0.25, -0.2) is 0 Å². The molecule has 0 aromatic rings. The normalized spacial score (nSPS) is 27.8. The molecule has 0 aromatic heterocycles. The summed E-state index contributed by atoms with van der Waals surface area (Å²) in [7, 11) is 0. The van der Waals surface area contributed by atoms with Gasteiger partial charge in [0, 0.05) is 32.2 Å². The van der Waals surface area contributed by atoms with Crippen LogP contribution in [0.25, 0.3) is 0 Å². The maximum Gasteiger partial charge on any atom is 0.239 e. The van der Waals surface area contributed by atoms with Crippen molar-refractivity contribution in [1.29, 1.82) is 0 Å². The third-order valence-corrected chi connectivity index (χ3v) is 4.04. The molecule has 0 saturated carbocycles. The van der Waals surface area contributed by atoms with Crippen molar-refractivity contribution in [3.8, 4) is 0 Å². The Bertz CT molecular complexity index is 290. The van der Waals surface area contributed by atoms with Crippen LogP contribution in [0.4, 0.5) is 0 Å². The van der Waals surface area contributed by atoms with Gasteiger partial charge in [-0.15, -0.1) is 0 Å². The quantitative estimate of drug-likeness (QED) is 0.765. The molecule has 0 aliphatic carbocycles. The van der Waals surface area contributed by atoms with E-state index in [0.29, 0.717) is 6.04 Å². The van der Waals surface area contributed by atoms with E-state index < -0.39 is 0 Å². The average molecular weight is 255 g/mol. The summed E-state index contributed by atoms with van der Waals surface area (Å²) in [5, 5.41) is 0. The summed E-state index contributed by atoms with van der Waals surface area (Å²) in [5.74, 6) is 0.320. The summed E-state index contributed by atoms with van der Waals surface area (Å²) in [4.78, 5) is 16.6. The summed E-state index contributed by atoms with van der Waals surface area (Å²) in [6, 6.07) is 0.144. The number of hydrogen-bond donors (Lipinski definition) is 1. The van der Waals surface area contributed by atoms with Crippen LogP contribution in [0.3, 0.4) is 0 Å². The number of carbonyl (C=O) groups excluding carboxylic acids is 1. The van der Waals surface area contributed by atoms with Crippen molar-refractivity contribution in [2.24, 2.45) is 11.7 Å². The maximum atomic E-state index is 12.2. The number of hydrogen-bond acceptors (Lipinski definition) is 4. The number of ether oxygens (including phenoxy) is 1. The lowest BCUT2D eigenvalue weighted by molar-refractivity contribution is -0.132. The van der Waals surface area contributed by atoms with Gasteiger partial charge in [0.2, 0.25) is 5.91 Å². The van der Waals surface area contributed by atoms with Gasteiger partial charge in [-0.3, -0.25) is 9.69 Å². The minimum atomic E-state index is -0.353. The number of likely N-dealkylation sites (tertiary alicyclic amines) is 1. The fourth-order valence-electron chi connectivity index (χ4n) is 2.68. The highest BCUT2D eigenvalue weighted by Gasteiger charge is 2.33. The van der Waals surface area contributed by atoms with E-state index in [9.17, 15) is 4.79 Å². The maximum absolute atomic E-state index is 12.2. The average Bonchev–Trinajstić information content (AvgIpc) is 2.87. The van der Waals surface area contributed by atoms with Crippen LogP contribution in [0.5, 0.6) is 0 Å². The molecule has 2 N–H and O–H groups in total. The van der Waals surface area contributed by atoms with Gasteiger partial charge >= 0.3 is 0 Å². The minimum absolute atomic E-state index is 0.112. The molecule has 0 bridgehead atoms. The molecule has 0 spiro atoms. The third-order valence-electron chi connectivity index (χ3n) is 4.04. The smallest absolute Gasteiger partial charge is 0.239 e. The van der Waals surface area contributed by atoms with Crippen molar-refractivity contribution < 1.29 is 9.53 Å². The molecule has 2 atom stereocenters. The molecule has 18 heavy (non-hydrogen) atoms. The van der Waals surface area contributed by atoms with Crippen molar-refractivity contribution in [2.45, 2.75) is 32.4 Å². The first kappa shape index (κ1) is 13.8. The first-order chi connectivity index (χ1) is 8.59. The molecule has 2 saturated heterocycles. The highest BCUT2D eigenvalue weighted by atomic mass is 16.5. The Labute approximate surface area is 109 Å².